The van der Waals surface area contributed by atoms with Crippen molar-refractivity contribution in [1.82, 2.24) is 25.2 Å². The molecular weight excluding hydrogens is 415 g/mol. The van der Waals surface area contributed by atoms with E-state index in [1.54, 1.807) is 12.1 Å². The number of hydrogen-bond donors (Lipinski definition) is 1. The van der Waals surface area contributed by atoms with Gasteiger partial charge in [0.2, 0.25) is 5.16 Å². The van der Waals surface area contributed by atoms with Crippen molar-refractivity contribution in [2.24, 2.45) is 0 Å². The van der Waals surface area contributed by atoms with Crippen molar-refractivity contribution in [3.63, 3.8) is 0 Å². The Labute approximate surface area is 165 Å². The van der Waals surface area contributed by atoms with Crippen molar-refractivity contribution < 1.29 is 23.1 Å². The Morgan fingerprint density at radius 1 is 1.18 bits per heavy atom. The Bertz CT molecular complexity index is 1010. The molecule has 12 heteroatoms. The molecular formula is C16H14F3N5O2S2. The van der Waals surface area contributed by atoms with E-state index in [1.165, 1.54) is 4.68 Å². The van der Waals surface area contributed by atoms with Crippen LogP contribution in [0.15, 0.2) is 33.8 Å². The number of carboxylic acids is 1. The van der Waals surface area contributed by atoms with Crippen LogP contribution in [0, 0.1) is 0 Å². The van der Waals surface area contributed by atoms with Crippen LogP contribution in [-0.2, 0) is 11.6 Å². The van der Waals surface area contributed by atoms with Crippen molar-refractivity contribution in [1.29, 1.82) is 0 Å². The van der Waals surface area contributed by atoms with Crippen LogP contribution < -0.4 is 0 Å². The minimum absolute atomic E-state index is 0.0428. The van der Waals surface area contributed by atoms with Crippen molar-refractivity contribution >= 4 is 29.1 Å². The number of carboxylic acid groups (broad SMARTS) is 1. The third kappa shape index (κ3) is 4.17. The van der Waals surface area contributed by atoms with Crippen LogP contribution in [0.4, 0.5) is 13.2 Å². The normalized spacial score (nSPS) is 12.4. The molecule has 0 radical (unpaired) electrons. The van der Waals surface area contributed by atoms with Gasteiger partial charge in [-0.05, 0) is 45.3 Å². The number of thiazole rings is 1. The molecule has 0 aliphatic heterocycles. The number of hydrogen-bond acceptors (Lipinski definition) is 7. The SMILES string of the molecule is CC(C)(C)c1ccc(-n2nnnc2Sc2nc(C(F)(F)F)c(C(=O)O)s2)cc1. The van der Waals surface area contributed by atoms with E-state index in [1.807, 2.05) is 12.1 Å². The van der Waals surface area contributed by atoms with Gasteiger partial charge in [-0.2, -0.15) is 17.9 Å². The first kappa shape index (κ1) is 20.3. The lowest BCUT2D eigenvalue weighted by Crippen LogP contribution is -2.11. The first-order valence-electron chi connectivity index (χ1n) is 7.85. The Morgan fingerprint density at radius 3 is 2.32 bits per heavy atom. The van der Waals surface area contributed by atoms with Crippen LogP contribution in [0.25, 0.3) is 5.69 Å². The van der Waals surface area contributed by atoms with E-state index in [0.29, 0.717) is 17.0 Å². The molecule has 0 aliphatic carbocycles. The smallest absolute Gasteiger partial charge is 0.435 e. The molecule has 0 spiro atoms. The predicted molar refractivity (Wildman–Crippen MR) is 96.1 cm³/mol. The van der Waals surface area contributed by atoms with Crippen LogP contribution in [-0.4, -0.2) is 36.3 Å². The first-order chi connectivity index (χ1) is 13.0. The topological polar surface area (TPSA) is 93.8 Å². The molecule has 0 saturated heterocycles. The Balaban J connectivity index is 1.92. The van der Waals surface area contributed by atoms with Gasteiger partial charge in [-0.3, -0.25) is 0 Å². The molecule has 0 fully saturated rings. The second kappa shape index (κ2) is 7.17. The third-order valence-electron chi connectivity index (χ3n) is 3.67. The van der Waals surface area contributed by atoms with E-state index in [9.17, 15) is 18.0 Å². The number of aromatic carboxylic acids is 1. The molecule has 3 rings (SSSR count). The van der Waals surface area contributed by atoms with Crippen molar-refractivity contribution in [2.45, 2.75) is 41.9 Å². The standard InChI is InChI=1S/C16H14F3N5O2S2/c1-15(2,3)8-4-6-9(7-5-8)24-13(21-22-23-24)28-14-20-11(16(17,18)19)10(27-14)12(25)26/h4-7H,1-3H3,(H,25,26). The van der Waals surface area contributed by atoms with Gasteiger partial charge in [-0.25, -0.2) is 9.78 Å². The molecule has 28 heavy (non-hydrogen) atoms. The molecule has 0 saturated carbocycles. The fourth-order valence-electron chi connectivity index (χ4n) is 2.27. The largest absolute Gasteiger partial charge is 0.477 e. The fourth-order valence-corrected chi connectivity index (χ4v) is 4.16. The van der Waals surface area contributed by atoms with E-state index in [-0.39, 0.29) is 14.9 Å². The lowest BCUT2D eigenvalue weighted by atomic mass is 9.87. The van der Waals surface area contributed by atoms with E-state index < -0.39 is 22.7 Å². The molecule has 148 valence electrons. The summed E-state index contributed by atoms with van der Waals surface area (Å²) < 4.78 is 40.3. The molecule has 0 aliphatic rings. The van der Waals surface area contributed by atoms with Gasteiger partial charge in [-0.1, -0.05) is 44.2 Å². The number of rotatable bonds is 4. The summed E-state index contributed by atoms with van der Waals surface area (Å²) in [7, 11) is 0. The third-order valence-corrected chi connectivity index (χ3v) is 5.71. The van der Waals surface area contributed by atoms with Gasteiger partial charge in [-0.15, -0.1) is 5.10 Å². The number of nitrogens with zero attached hydrogens (tertiary/aromatic N) is 5. The lowest BCUT2D eigenvalue weighted by Gasteiger charge is -2.19. The molecule has 2 heterocycles. The summed E-state index contributed by atoms with van der Waals surface area (Å²) in [5, 5.41) is 20.4. The number of benzene rings is 1. The van der Waals surface area contributed by atoms with Gasteiger partial charge in [0.05, 0.1) is 5.69 Å². The van der Waals surface area contributed by atoms with Crippen molar-refractivity contribution in [2.75, 3.05) is 0 Å². The first-order valence-corrected chi connectivity index (χ1v) is 9.48. The maximum atomic E-state index is 13.0. The highest BCUT2D eigenvalue weighted by Crippen LogP contribution is 2.39. The highest BCUT2D eigenvalue weighted by Gasteiger charge is 2.40. The van der Waals surface area contributed by atoms with Crippen molar-refractivity contribution in [3.8, 4) is 5.69 Å². The summed E-state index contributed by atoms with van der Waals surface area (Å²) in [4.78, 5) is 13.7. The van der Waals surface area contributed by atoms with Crippen LogP contribution >= 0.6 is 23.1 Å². The summed E-state index contributed by atoms with van der Waals surface area (Å²) in [5.74, 6) is -1.69. The van der Waals surface area contributed by atoms with Gasteiger partial charge in [0.15, 0.2) is 10.0 Å². The average Bonchev–Trinajstić information content (AvgIpc) is 3.21. The van der Waals surface area contributed by atoms with Crippen LogP contribution in [0.5, 0.6) is 0 Å². The maximum absolute atomic E-state index is 13.0. The highest BCUT2D eigenvalue weighted by molar-refractivity contribution is 8.00. The van der Waals surface area contributed by atoms with Gasteiger partial charge in [0.1, 0.15) is 4.88 Å². The summed E-state index contributed by atoms with van der Waals surface area (Å²) in [6, 6.07) is 7.43. The number of aromatic nitrogens is 5. The zero-order valence-electron chi connectivity index (χ0n) is 14.9. The second-order valence-electron chi connectivity index (χ2n) is 6.73. The maximum Gasteiger partial charge on any atom is 0.435 e. The molecule has 7 nitrogen and oxygen atoms in total. The minimum Gasteiger partial charge on any atom is -0.477 e. The zero-order valence-corrected chi connectivity index (χ0v) is 16.5. The number of halogens is 3. The van der Waals surface area contributed by atoms with Crippen LogP contribution in [0.1, 0.15) is 41.7 Å². The zero-order chi connectivity index (χ0) is 20.7. The Morgan fingerprint density at radius 2 is 1.82 bits per heavy atom. The minimum atomic E-state index is -4.86. The Kier molecular flexibility index (Phi) is 5.19. The van der Waals surface area contributed by atoms with Crippen molar-refractivity contribution in [3.05, 3.63) is 40.4 Å². The van der Waals surface area contributed by atoms with Gasteiger partial charge in [0.25, 0.3) is 0 Å². The fraction of sp³-hybridized carbons (Fsp3) is 0.312. The molecule has 0 atom stereocenters. The monoisotopic (exact) mass is 429 g/mol. The second-order valence-corrected chi connectivity index (χ2v) is 8.95. The molecule has 0 amide bonds. The van der Waals surface area contributed by atoms with Gasteiger partial charge >= 0.3 is 12.1 Å². The van der Waals surface area contributed by atoms with Crippen LogP contribution in [0.2, 0.25) is 0 Å². The van der Waals surface area contributed by atoms with E-state index in [0.717, 1.165) is 17.3 Å². The lowest BCUT2D eigenvalue weighted by molar-refractivity contribution is -0.141. The molecule has 3 aromatic rings. The molecule has 0 bridgehead atoms. The number of alkyl halides is 3. The van der Waals surface area contributed by atoms with E-state index in [2.05, 4.69) is 41.3 Å². The summed E-state index contributed by atoms with van der Waals surface area (Å²) in [6.45, 7) is 6.21. The Hall–Kier alpha value is -2.47. The molecule has 1 aromatic carbocycles. The summed E-state index contributed by atoms with van der Waals surface area (Å²) in [5.41, 5.74) is 0.241. The number of carbonyl (C=O) groups is 1. The molecule has 1 N–H and O–H groups in total. The quantitative estimate of drug-likeness (QED) is 0.661. The average molecular weight is 429 g/mol. The van der Waals surface area contributed by atoms with E-state index in [4.69, 9.17) is 5.11 Å². The number of tetrazole rings is 1. The summed E-state index contributed by atoms with van der Waals surface area (Å²) in [6.07, 6.45) is -4.86. The van der Waals surface area contributed by atoms with Gasteiger partial charge < -0.3 is 5.11 Å². The van der Waals surface area contributed by atoms with Crippen LogP contribution in [0.3, 0.4) is 0 Å². The summed E-state index contributed by atoms with van der Waals surface area (Å²) >= 11 is 1.19. The van der Waals surface area contributed by atoms with Gasteiger partial charge in [0, 0.05) is 0 Å². The highest BCUT2D eigenvalue weighted by atomic mass is 32.2. The molecule has 0 unspecified atom stereocenters. The van der Waals surface area contributed by atoms with E-state index >= 15 is 0 Å². The predicted octanol–water partition coefficient (Wildman–Crippen LogP) is 4.28. The molecule has 2 aromatic heterocycles.